The van der Waals surface area contributed by atoms with Gasteiger partial charge >= 0.3 is 0 Å². The van der Waals surface area contributed by atoms with Crippen LogP contribution >= 0.6 is 0 Å². The number of hydrogen-bond acceptors (Lipinski definition) is 10. The first-order valence-electron chi connectivity index (χ1n) is 8.44. The van der Waals surface area contributed by atoms with Crippen molar-refractivity contribution in [1.82, 2.24) is 19.7 Å². The van der Waals surface area contributed by atoms with Gasteiger partial charge in [0.2, 0.25) is 10.0 Å². The average Bonchev–Trinajstić information content (AvgIpc) is 2.69. The topological polar surface area (TPSA) is 169 Å². The largest absolute Gasteiger partial charge is 0.397 e. The Morgan fingerprint density at radius 2 is 1.57 bits per heavy atom. The lowest BCUT2D eigenvalue weighted by Gasteiger charge is -2.13. The molecular weight excluding hydrogens is 430 g/mol. The summed E-state index contributed by atoms with van der Waals surface area (Å²) in [5, 5.41) is 5.81. The van der Waals surface area contributed by atoms with E-state index in [0.29, 0.717) is 17.3 Å². The maximum atomic E-state index is 12.1. The highest BCUT2D eigenvalue weighted by atomic mass is 32.2. The van der Waals surface area contributed by atoms with Crippen LogP contribution in [0.1, 0.15) is 0 Å². The number of nitrogens with two attached hydrogens (primary N) is 1. The summed E-state index contributed by atoms with van der Waals surface area (Å²) in [5.74, 6) is 1.12. The van der Waals surface area contributed by atoms with Gasteiger partial charge in [-0.3, -0.25) is 0 Å². The van der Waals surface area contributed by atoms with Crippen LogP contribution in [0.25, 0.3) is 0 Å². The Balaban J connectivity index is 1.96. The Labute approximate surface area is 173 Å². The zero-order valence-electron chi connectivity index (χ0n) is 16.0. The number of sulfonamides is 1. The van der Waals surface area contributed by atoms with Gasteiger partial charge in [0.05, 0.1) is 27.4 Å². The first-order valence-corrected chi connectivity index (χ1v) is 11.8. The van der Waals surface area contributed by atoms with E-state index in [1.165, 1.54) is 43.8 Å². The maximum Gasteiger partial charge on any atom is 0.240 e. The highest BCUT2D eigenvalue weighted by molar-refractivity contribution is 7.91. The molecule has 0 spiro atoms. The lowest BCUT2D eigenvalue weighted by atomic mass is 10.3. The second-order valence-corrected chi connectivity index (χ2v) is 10.0. The van der Waals surface area contributed by atoms with Crippen LogP contribution in [0.15, 0.2) is 58.7 Å². The van der Waals surface area contributed by atoms with Crippen molar-refractivity contribution in [2.24, 2.45) is 0 Å². The lowest BCUT2D eigenvalue weighted by Crippen LogP contribution is -2.19. The molecule has 0 unspecified atom stereocenters. The molecule has 0 bridgehead atoms. The number of anilines is 5. The molecule has 1 aromatic carbocycles. The molecule has 0 saturated carbocycles. The van der Waals surface area contributed by atoms with Gasteiger partial charge in [0.25, 0.3) is 0 Å². The third-order valence-electron chi connectivity index (χ3n) is 3.90. The second-order valence-electron chi connectivity index (χ2n) is 6.15. The van der Waals surface area contributed by atoms with Crippen LogP contribution in [0.5, 0.6) is 0 Å². The molecule has 0 aliphatic rings. The van der Waals surface area contributed by atoms with E-state index in [4.69, 9.17) is 5.73 Å². The fourth-order valence-corrected chi connectivity index (χ4v) is 4.04. The summed E-state index contributed by atoms with van der Waals surface area (Å²) in [7, 11) is -6.16. The van der Waals surface area contributed by atoms with E-state index in [1.54, 1.807) is 12.1 Å². The van der Waals surface area contributed by atoms with E-state index in [9.17, 15) is 16.8 Å². The Kier molecular flexibility index (Phi) is 5.87. The summed E-state index contributed by atoms with van der Waals surface area (Å²) in [6, 6.07) is 8.51. The van der Waals surface area contributed by atoms with Crippen LogP contribution in [0.2, 0.25) is 0 Å². The van der Waals surface area contributed by atoms with Crippen molar-refractivity contribution in [3.8, 4) is 0 Å². The summed E-state index contributed by atoms with van der Waals surface area (Å²) in [6.07, 6.45) is 3.77. The zero-order chi connectivity index (χ0) is 21.9. The fourth-order valence-electron chi connectivity index (χ4n) is 2.46. The van der Waals surface area contributed by atoms with E-state index < -0.39 is 19.9 Å². The van der Waals surface area contributed by atoms with Crippen LogP contribution in [-0.2, 0) is 19.9 Å². The van der Waals surface area contributed by atoms with Crippen molar-refractivity contribution in [2.75, 3.05) is 29.7 Å². The van der Waals surface area contributed by atoms with Gasteiger partial charge in [0.15, 0.2) is 9.84 Å². The van der Waals surface area contributed by atoms with Crippen LogP contribution in [0, 0.1) is 0 Å². The Hall–Kier alpha value is -3.29. The van der Waals surface area contributed by atoms with Gasteiger partial charge in [-0.1, -0.05) is 0 Å². The van der Waals surface area contributed by atoms with Crippen LogP contribution < -0.4 is 21.1 Å². The molecule has 0 atom stereocenters. The molecule has 5 N–H and O–H groups in total. The molecule has 3 aromatic rings. The van der Waals surface area contributed by atoms with Gasteiger partial charge in [-0.25, -0.2) is 36.5 Å². The maximum absolute atomic E-state index is 12.1. The smallest absolute Gasteiger partial charge is 0.240 e. The molecular formula is C17H19N7O4S2. The molecule has 2 aromatic heterocycles. The van der Waals surface area contributed by atoms with Crippen LogP contribution in [0.4, 0.5) is 28.8 Å². The number of aromatic nitrogens is 3. The van der Waals surface area contributed by atoms with Gasteiger partial charge in [0.1, 0.15) is 23.8 Å². The first-order chi connectivity index (χ1) is 14.1. The molecule has 0 fully saturated rings. The van der Waals surface area contributed by atoms with E-state index in [1.807, 2.05) is 0 Å². The van der Waals surface area contributed by atoms with Crippen molar-refractivity contribution in [1.29, 1.82) is 0 Å². The van der Waals surface area contributed by atoms with Crippen molar-refractivity contribution < 1.29 is 16.8 Å². The van der Waals surface area contributed by atoms with Gasteiger partial charge in [-0.15, -0.1) is 0 Å². The number of nitrogens with one attached hydrogen (secondary N) is 3. The predicted octanol–water partition coefficient (Wildman–Crippen LogP) is 1.25. The molecule has 11 nitrogen and oxygen atoms in total. The van der Waals surface area contributed by atoms with Gasteiger partial charge in [-0.05, 0) is 37.4 Å². The number of rotatable bonds is 7. The summed E-state index contributed by atoms with van der Waals surface area (Å²) in [4.78, 5) is 12.1. The minimum Gasteiger partial charge on any atom is -0.397 e. The number of nitrogens with zero attached hydrogens (tertiary/aromatic N) is 3. The number of pyridine rings is 1. The minimum atomic E-state index is -3.78. The van der Waals surface area contributed by atoms with Gasteiger partial charge < -0.3 is 16.4 Å². The SMILES string of the molecule is CNS(=O)(=O)c1ccc(S(C)(=O)=O)c(Nc2cc(Nc3ccc(N)cn3)ncn2)c1. The van der Waals surface area contributed by atoms with Crippen molar-refractivity contribution in [3.05, 3.63) is 48.9 Å². The Bertz CT molecular complexity index is 1280. The molecule has 3 rings (SSSR count). The van der Waals surface area contributed by atoms with Gasteiger partial charge in [-0.2, -0.15) is 0 Å². The van der Waals surface area contributed by atoms with E-state index >= 15 is 0 Å². The Morgan fingerprint density at radius 3 is 2.17 bits per heavy atom. The molecule has 13 heteroatoms. The highest BCUT2D eigenvalue weighted by Gasteiger charge is 2.19. The molecule has 0 radical (unpaired) electrons. The van der Waals surface area contributed by atoms with Crippen molar-refractivity contribution >= 4 is 48.7 Å². The monoisotopic (exact) mass is 449 g/mol. The predicted molar refractivity (Wildman–Crippen MR) is 113 cm³/mol. The molecule has 0 aliphatic carbocycles. The summed E-state index contributed by atoms with van der Waals surface area (Å²) in [5.41, 5.74) is 6.18. The first kappa shape index (κ1) is 21.4. The number of hydrogen-bond donors (Lipinski definition) is 4. The molecule has 0 amide bonds. The van der Waals surface area contributed by atoms with Crippen molar-refractivity contribution in [3.63, 3.8) is 0 Å². The molecule has 30 heavy (non-hydrogen) atoms. The van der Waals surface area contributed by atoms with Crippen LogP contribution in [0.3, 0.4) is 0 Å². The molecule has 2 heterocycles. The minimum absolute atomic E-state index is 0.0593. The zero-order valence-corrected chi connectivity index (χ0v) is 17.6. The standard InChI is InChI=1S/C17H19N7O4S2/c1-19-30(27,28)12-4-5-14(29(2,25)26)13(7-12)23-16-8-17(22-10-21-16)24-15-6-3-11(18)9-20-15/h3-10,19H,18H2,1-2H3,(H2,20,21,22,23,24). The fraction of sp³-hybridized carbons (Fsp3) is 0.118. The normalized spacial score (nSPS) is 11.8. The van der Waals surface area contributed by atoms with Crippen LogP contribution in [-0.4, -0.2) is 45.1 Å². The summed E-state index contributed by atoms with van der Waals surface area (Å²) < 4.78 is 50.7. The summed E-state index contributed by atoms with van der Waals surface area (Å²) >= 11 is 0. The van der Waals surface area contributed by atoms with Crippen molar-refractivity contribution in [2.45, 2.75) is 9.79 Å². The van der Waals surface area contributed by atoms with E-state index in [-0.39, 0.29) is 21.3 Å². The third-order valence-corrected chi connectivity index (χ3v) is 6.47. The quantitative estimate of drug-likeness (QED) is 0.412. The molecule has 158 valence electrons. The molecule has 0 saturated heterocycles. The molecule has 0 aliphatic heterocycles. The highest BCUT2D eigenvalue weighted by Crippen LogP contribution is 2.28. The number of sulfone groups is 1. The average molecular weight is 450 g/mol. The number of benzene rings is 1. The third kappa shape index (κ3) is 5.00. The summed E-state index contributed by atoms with van der Waals surface area (Å²) in [6.45, 7) is 0. The number of nitrogen functional groups attached to an aromatic ring is 1. The second kappa shape index (κ2) is 8.22. The Morgan fingerprint density at radius 1 is 0.867 bits per heavy atom. The lowest BCUT2D eigenvalue weighted by molar-refractivity contribution is 0.587. The van der Waals surface area contributed by atoms with E-state index in [0.717, 1.165) is 6.26 Å². The van der Waals surface area contributed by atoms with E-state index in [2.05, 4.69) is 30.3 Å². The van der Waals surface area contributed by atoms with Gasteiger partial charge in [0, 0.05) is 12.3 Å².